The molecular weight excluding hydrogens is 350 g/mol. The maximum atomic E-state index is 6.75. The van der Waals surface area contributed by atoms with Gasteiger partial charge < -0.3 is 9.16 Å². The molecule has 4 heteroatoms. The Morgan fingerprint density at radius 1 is 1.30 bits per heavy atom. The predicted octanol–water partition coefficient (Wildman–Crippen LogP) is 6.25. The Morgan fingerprint density at radius 3 is 2.56 bits per heavy atom. The van der Waals surface area contributed by atoms with Gasteiger partial charge in [-0.2, -0.15) is 0 Å². The van der Waals surface area contributed by atoms with Crippen molar-refractivity contribution < 1.29 is 9.16 Å². The summed E-state index contributed by atoms with van der Waals surface area (Å²) in [5.74, 6) is 0.745. The van der Waals surface area contributed by atoms with Crippen molar-refractivity contribution >= 4 is 19.8 Å². The zero-order chi connectivity index (χ0) is 19.9. The van der Waals surface area contributed by atoms with Crippen molar-refractivity contribution in [1.82, 2.24) is 0 Å². The van der Waals surface area contributed by atoms with Gasteiger partial charge in [0.1, 0.15) is 0 Å². The van der Waals surface area contributed by atoms with Gasteiger partial charge in [0.2, 0.25) is 5.90 Å². The Morgan fingerprint density at radius 2 is 2.00 bits per heavy atom. The lowest BCUT2D eigenvalue weighted by Gasteiger charge is -2.39. The Hall–Kier alpha value is -1.65. The van der Waals surface area contributed by atoms with Gasteiger partial charge in [0.25, 0.3) is 0 Å². The molecule has 0 aliphatic carbocycles. The molecule has 0 radical (unpaired) electrons. The van der Waals surface area contributed by atoms with E-state index in [1.54, 1.807) is 0 Å². The number of nitrogens with zero attached hydrogens (tertiary/aromatic N) is 1. The van der Waals surface area contributed by atoms with E-state index in [-0.39, 0.29) is 11.1 Å². The number of benzene rings is 1. The molecule has 1 unspecified atom stereocenters. The van der Waals surface area contributed by atoms with Crippen LogP contribution in [-0.2, 0) is 9.16 Å². The second-order valence-corrected chi connectivity index (χ2v) is 13.4. The Bertz CT molecular complexity index is 671. The summed E-state index contributed by atoms with van der Waals surface area (Å²) in [5, 5.41) is 0.166. The fourth-order valence-electron chi connectivity index (χ4n) is 2.73. The van der Waals surface area contributed by atoms with Crippen LogP contribution in [0, 0.1) is 0 Å². The first-order chi connectivity index (χ1) is 12.7. The minimum atomic E-state index is -1.89. The van der Waals surface area contributed by atoms with Crippen LogP contribution in [0.3, 0.4) is 0 Å². The molecule has 1 aliphatic heterocycles. The van der Waals surface area contributed by atoms with E-state index in [4.69, 9.17) is 9.16 Å². The van der Waals surface area contributed by atoms with E-state index >= 15 is 0 Å². The van der Waals surface area contributed by atoms with Crippen LogP contribution in [0.25, 0.3) is 5.57 Å². The highest BCUT2D eigenvalue weighted by Crippen LogP contribution is 2.38. The van der Waals surface area contributed by atoms with Crippen molar-refractivity contribution in [2.45, 2.75) is 64.3 Å². The smallest absolute Gasteiger partial charge is 0.216 e. The van der Waals surface area contributed by atoms with Gasteiger partial charge in [-0.3, -0.25) is 4.99 Å². The van der Waals surface area contributed by atoms with Crippen LogP contribution in [0.4, 0.5) is 0 Å². The molecule has 0 fully saturated rings. The maximum absolute atomic E-state index is 6.75. The first kappa shape index (κ1) is 21.6. The molecular formula is C23H35NO2Si. The van der Waals surface area contributed by atoms with Gasteiger partial charge in [0, 0.05) is 18.5 Å². The third-order valence-electron chi connectivity index (χ3n) is 5.37. The van der Waals surface area contributed by atoms with Crippen molar-refractivity contribution in [2.24, 2.45) is 4.99 Å². The van der Waals surface area contributed by atoms with Gasteiger partial charge in [-0.05, 0) is 42.6 Å². The summed E-state index contributed by atoms with van der Waals surface area (Å²) in [7, 11) is -1.89. The monoisotopic (exact) mass is 385 g/mol. The zero-order valence-electron chi connectivity index (χ0n) is 17.6. The van der Waals surface area contributed by atoms with Gasteiger partial charge in [0.05, 0.1) is 12.7 Å². The molecule has 1 aromatic carbocycles. The first-order valence-electron chi connectivity index (χ1n) is 9.98. The second kappa shape index (κ2) is 9.51. The van der Waals surface area contributed by atoms with Crippen LogP contribution < -0.4 is 0 Å². The third-order valence-corrected chi connectivity index (χ3v) is 9.88. The molecule has 1 aromatic rings. The van der Waals surface area contributed by atoms with E-state index in [1.165, 1.54) is 0 Å². The summed E-state index contributed by atoms with van der Waals surface area (Å²) in [6.45, 7) is 16.9. The minimum Gasteiger partial charge on any atom is -0.477 e. The quantitative estimate of drug-likeness (QED) is 0.391. The molecule has 0 amide bonds. The molecule has 1 aliphatic rings. The van der Waals surface area contributed by atoms with Crippen LogP contribution >= 0.6 is 0 Å². The zero-order valence-corrected chi connectivity index (χ0v) is 18.6. The van der Waals surface area contributed by atoms with E-state index in [0.717, 1.165) is 49.4 Å². The first-order valence-corrected chi connectivity index (χ1v) is 12.9. The van der Waals surface area contributed by atoms with Crippen LogP contribution in [0.1, 0.15) is 45.6 Å². The number of hydrogen-bond acceptors (Lipinski definition) is 3. The van der Waals surface area contributed by atoms with Crippen molar-refractivity contribution in [3.63, 3.8) is 0 Å². The van der Waals surface area contributed by atoms with Crippen LogP contribution in [0.2, 0.25) is 18.1 Å². The highest BCUT2D eigenvalue weighted by molar-refractivity contribution is 6.74. The summed E-state index contributed by atoms with van der Waals surface area (Å²) < 4.78 is 12.7. The highest BCUT2D eigenvalue weighted by Gasteiger charge is 2.38. The van der Waals surface area contributed by atoms with Gasteiger partial charge in [-0.25, -0.2) is 0 Å². The standard InChI is InChI=1S/C23H35NO2Si/c1-7-8-15-20(26-27(5,6)23(2,3)4)18-21(19-13-10-9-11-14-19)22-24-16-12-17-25-22/h7,9-11,13-14,18,20H,1,8,12,15-17H2,2-6H3/b21-18-. The lowest BCUT2D eigenvalue weighted by molar-refractivity contribution is 0.216. The van der Waals surface area contributed by atoms with Crippen molar-refractivity contribution in [1.29, 1.82) is 0 Å². The SMILES string of the molecule is C=CCCC(/C=C(\C1=NCCCO1)c1ccccc1)O[Si](C)(C)C(C)(C)C. The van der Waals surface area contributed by atoms with E-state index in [2.05, 4.69) is 75.8 Å². The average Bonchev–Trinajstić information content (AvgIpc) is 2.64. The molecule has 148 valence electrons. The molecule has 0 bridgehead atoms. The summed E-state index contributed by atoms with van der Waals surface area (Å²) >= 11 is 0. The minimum absolute atomic E-state index is 0.0207. The number of ether oxygens (including phenoxy) is 1. The molecule has 0 spiro atoms. The molecule has 1 heterocycles. The van der Waals surface area contributed by atoms with E-state index < -0.39 is 8.32 Å². The van der Waals surface area contributed by atoms with Gasteiger partial charge in [0.15, 0.2) is 8.32 Å². The third kappa shape index (κ3) is 6.18. The highest BCUT2D eigenvalue weighted by atomic mass is 28.4. The molecule has 0 saturated carbocycles. The largest absolute Gasteiger partial charge is 0.477 e. The lowest BCUT2D eigenvalue weighted by atomic mass is 10.0. The van der Waals surface area contributed by atoms with Crippen molar-refractivity contribution in [3.05, 3.63) is 54.6 Å². The van der Waals surface area contributed by atoms with Gasteiger partial charge >= 0.3 is 0 Å². The predicted molar refractivity (Wildman–Crippen MR) is 119 cm³/mol. The Balaban J connectivity index is 2.40. The maximum Gasteiger partial charge on any atom is 0.216 e. The second-order valence-electron chi connectivity index (χ2n) is 8.62. The van der Waals surface area contributed by atoms with Gasteiger partial charge in [-0.1, -0.05) is 57.2 Å². The number of allylic oxidation sites excluding steroid dienone is 1. The van der Waals surface area contributed by atoms with Crippen LogP contribution in [0.15, 0.2) is 54.1 Å². The van der Waals surface area contributed by atoms with E-state index in [1.807, 2.05) is 12.1 Å². The van der Waals surface area contributed by atoms with Crippen LogP contribution in [-0.4, -0.2) is 33.5 Å². The topological polar surface area (TPSA) is 30.8 Å². The summed E-state index contributed by atoms with van der Waals surface area (Å²) in [6.07, 6.45) is 7.03. The molecule has 27 heavy (non-hydrogen) atoms. The fourth-order valence-corrected chi connectivity index (χ4v) is 4.03. The summed E-state index contributed by atoms with van der Waals surface area (Å²) in [6, 6.07) is 10.4. The normalized spacial score (nSPS) is 17.1. The lowest BCUT2D eigenvalue weighted by Crippen LogP contribution is -2.43. The number of rotatable bonds is 8. The summed E-state index contributed by atoms with van der Waals surface area (Å²) in [5.41, 5.74) is 2.17. The van der Waals surface area contributed by atoms with E-state index in [0.29, 0.717) is 0 Å². The molecule has 3 nitrogen and oxygen atoms in total. The molecule has 0 N–H and O–H groups in total. The van der Waals surface area contributed by atoms with Gasteiger partial charge in [-0.15, -0.1) is 6.58 Å². The molecule has 0 saturated heterocycles. The fraction of sp³-hybridized carbons (Fsp3) is 0.522. The van der Waals surface area contributed by atoms with Crippen molar-refractivity contribution in [3.8, 4) is 0 Å². The Labute approximate surface area is 166 Å². The van der Waals surface area contributed by atoms with Crippen molar-refractivity contribution in [2.75, 3.05) is 13.2 Å². The van der Waals surface area contributed by atoms with E-state index in [9.17, 15) is 0 Å². The average molecular weight is 386 g/mol. The molecule has 1 atom stereocenters. The number of aliphatic imine (C=N–C) groups is 1. The molecule has 0 aromatic heterocycles. The summed E-state index contributed by atoms with van der Waals surface area (Å²) in [4.78, 5) is 4.65. The van der Waals surface area contributed by atoms with Crippen LogP contribution in [0.5, 0.6) is 0 Å². The molecule has 2 rings (SSSR count). The number of hydrogen-bond donors (Lipinski definition) is 0. The Kier molecular flexibility index (Phi) is 7.63.